The van der Waals surface area contributed by atoms with Crippen LogP contribution in [0.5, 0.6) is 0 Å². The van der Waals surface area contributed by atoms with Crippen LogP contribution in [0.1, 0.15) is 11.5 Å². The molecule has 1 aromatic carbocycles. The van der Waals surface area contributed by atoms with Crippen LogP contribution in [0, 0.1) is 0 Å². The van der Waals surface area contributed by atoms with Crippen LogP contribution in [0.3, 0.4) is 0 Å². The van der Waals surface area contributed by atoms with Gasteiger partial charge >= 0.3 is 0 Å². The van der Waals surface area contributed by atoms with Crippen LogP contribution in [-0.4, -0.2) is 44.3 Å². The molecule has 0 bridgehead atoms. The van der Waals surface area contributed by atoms with Crippen LogP contribution in [-0.2, 0) is 4.74 Å². The van der Waals surface area contributed by atoms with Crippen LogP contribution in [0.2, 0.25) is 0 Å². The van der Waals surface area contributed by atoms with E-state index in [1.54, 1.807) is 0 Å². The predicted octanol–water partition coefficient (Wildman–Crippen LogP) is 1.06. The summed E-state index contributed by atoms with van der Waals surface area (Å²) in [6.07, 6.45) is 0. The van der Waals surface area contributed by atoms with Gasteiger partial charge in [-0.2, -0.15) is 0 Å². The van der Waals surface area contributed by atoms with E-state index in [1.807, 2.05) is 6.07 Å². The number of nitrogens with two attached hydrogens (primary N) is 1. The lowest BCUT2D eigenvalue weighted by Gasteiger charge is -2.30. The Hall–Kier alpha value is -0.900. The first-order chi connectivity index (χ1) is 7.90. The van der Waals surface area contributed by atoms with Crippen LogP contribution in [0.4, 0.5) is 0 Å². The van der Waals surface area contributed by atoms with Gasteiger partial charge in [0.15, 0.2) is 0 Å². The molecule has 1 aromatic rings. The quantitative estimate of drug-likeness (QED) is 0.824. The number of nitrogens with zero attached hydrogens (tertiary/aromatic N) is 1. The van der Waals surface area contributed by atoms with Crippen molar-refractivity contribution in [2.75, 3.05) is 39.4 Å². The second kappa shape index (κ2) is 5.99. The topological polar surface area (TPSA) is 38.5 Å². The summed E-state index contributed by atoms with van der Waals surface area (Å²) in [7, 11) is 0. The van der Waals surface area contributed by atoms with Gasteiger partial charge in [-0.05, 0) is 5.56 Å². The Morgan fingerprint density at radius 1 is 1.19 bits per heavy atom. The van der Waals surface area contributed by atoms with Gasteiger partial charge in [0.2, 0.25) is 0 Å². The summed E-state index contributed by atoms with van der Waals surface area (Å²) in [4.78, 5) is 2.44. The molecule has 0 aromatic heterocycles. The molecule has 1 aliphatic rings. The zero-order valence-corrected chi connectivity index (χ0v) is 9.64. The molecule has 16 heavy (non-hydrogen) atoms. The first-order valence-corrected chi connectivity index (χ1v) is 5.95. The van der Waals surface area contributed by atoms with Gasteiger partial charge in [-0.1, -0.05) is 30.3 Å². The first-order valence-electron chi connectivity index (χ1n) is 5.95. The van der Waals surface area contributed by atoms with E-state index in [0.29, 0.717) is 12.5 Å². The Balaban J connectivity index is 1.94. The summed E-state index contributed by atoms with van der Waals surface area (Å²) in [6, 6.07) is 10.5. The van der Waals surface area contributed by atoms with Crippen LogP contribution in [0.15, 0.2) is 30.3 Å². The summed E-state index contributed by atoms with van der Waals surface area (Å²) in [5.74, 6) is 0.444. The van der Waals surface area contributed by atoms with Crippen molar-refractivity contribution < 1.29 is 4.74 Å². The zero-order chi connectivity index (χ0) is 11.2. The summed E-state index contributed by atoms with van der Waals surface area (Å²) >= 11 is 0. The fourth-order valence-electron chi connectivity index (χ4n) is 2.14. The van der Waals surface area contributed by atoms with Gasteiger partial charge in [0.1, 0.15) is 0 Å². The molecule has 0 spiro atoms. The fraction of sp³-hybridized carbons (Fsp3) is 0.538. The third-order valence-corrected chi connectivity index (χ3v) is 3.14. The lowest BCUT2D eigenvalue weighted by Crippen LogP contribution is -2.40. The smallest absolute Gasteiger partial charge is 0.0594 e. The van der Waals surface area contributed by atoms with E-state index >= 15 is 0 Å². The van der Waals surface area contributed by atoms with E-state index in [9.17, 15) is 0 Å². The number of ether oxygens (including phenoxy) is 1. The maximum absolute atomic E-state index is 5.86. The van der Waals surface area contributed by atoms with E-state index < -0.39 is 0 Å². The van der Waals surface area contributed by atoms with Crippen molar-refractivity contribution in [1.29, 1.82) is 0 Å². The van der Waals surface area contributed by atoms with Crippen molar-refractivity contribution >= 4 is 0 Å². The number of benzene rings is 1. The predicted molar refractivity (Wildman–Crippen MR) is 65.5 cm³/mol. The van der Waals surface area contributed by atoms with Gasteiger partial charge in [0, 0.05) is 32.1 Å². The molecule has 1 aliphatic heterocycles. The lowest BCUT2D eigenvalue weighted by atomic mass is 9.98. The fourth-order valence-corrected chi connectivity index (χ4v) is 2.14. The SMILES string of the molecule is NC[C@H](CN1CCOCC1)c1ccccc1. The van der Waals surface area contributed by atoms with Gasteiger partial charge in [-0.25, -0.2) is 0 Å². The average Bonchev–Trinajstić information content (AvgIpc) is 2.38. The molecule has 0 saturated carbocycles. The summed E-state index contributed by atoms with van der Waals surface area (Å²) in [6.45, 7) is 5.52. The molecule has 2 rings (SSSR count). The van der Waals surface area contributed by atoms with Crippen molar-refractivity contribution in [2.45, 2.75) is 5.92 Å². The minimum absolute atomic E-state index is 0.444. The third-order valence-electron chi connectivity index (χ3n) is 3.14. The monoisotopic (exact) mass is 220 g/mol. The minimum atomic E-state index is 0.444. The molecule has 2 N–H and O–H groups in total. The maximum Gasteiger partial charge on any atom is 0.0594 e. The molecule has 1 saturated heterocycles. The van der Waals surface area contributed by atoms with Gasteiger partial charge in [0.25, 0.3) is 0 Å². The highest BCUT2D eigenvalue weighted by Crippen LogP contribution is 2.16. The molecular weight excluding hydrogens is 200 g/mol. The Kier molecular flexibility index (Phi) is 4.34. The Morgan fingerprint density at radius 2 is 1.88 bits per heavy atom. The van der Waals surface area contributed by atoms with Gasteiger partial charge < -0.3 is 10.5 Å². The number of hydrogen-bond acceptors (Lipinski definition) is 3. The second-order valence-electron chi connectivity index (χ2n) is 4.26. The molecule has 88 valence electrons. The molecular formula is C13H20N2O. The average molecular weight is 220 g/mol. The summed E-state index contributed by atoms with van der Waals surface area (Å²) < 4.78 is 5.35. The molecule has 0 unspecified atom stereocenters. The molecule has 1 atom stereocenters. The highest BCUT2D eigenvalue weighted by Gasteiger charge is 2.16. The van der Waals surface area contributed by atoms with Crippen LogP contribution < -0.4 is 5.73 Å². The van der Waals surface area contributed by atoms with Gasteiger partial charge in [-0.15, -0.1) is 0 Å². The molecule has 1 fully saturated rings. The van der Waals surface area contributed by atoms with Crippen LogP contribution in [0.25, 0.3) is 0 Å². The van der Waals surface area contributed by atoms with Crippen LogP contribution >= 0.6 is 0 Å². The first kappa shape index (κ1) is 11.6. The number of hydrogen-bond donors (Lipinski definition) is 1. The second-order valence-corrected chi connectivity index (χ2v) is 4.26. The third kappa shape index (κ3) is 3.04. The number of morpholine rings is 1. The van der Waals surface area contributed by atoms with Crippen molar-refractivity contribution in [3.05, 3.63) is 35.9 Å². The van der Waals surface area contributed by atoms with Gasteiger partial charge in [-0.3, -0.25) is 4.90 Å². The maximum atomic E-state index is 5.86. The normalized spacial score (nSPS) is 19.6. The highest BCUT2D eigenvalue weighted by atomic mass is 16.5. The minimum Gasteiger partial charge on any atom is -0.379 e. The Bertz CT molecular complexity index is 296. The molecule has 3 heteroatoms. The van der Waals surface area contributed by atoms with Crippen molar-refractivity contribution in [1.82, 2.24) is 4.90 Å². The molecule has 0 amide bonds. The van der Waals surface area contributed by atoms with E-state index in [1.165, 1.54) is 5.56 Å². The lowest BCUT2D eigenvalue weighted by molar-refractivity contribution is 0.0353. The van der Waals surface area contributed by atoms with E-state index in [2.05, 4.69) is 29.2 Å². The summed E-state index contributed by atoms with van der Waals surface area (Å²) in [5, 5.41) is 0. The largest absolute Gasteiger partial charge is 0.379 e. The van der Waals surface area contributed by atoms with E-state index in [0.717, 1.165) is 32.8 Å². The van der Waals surface area contributed by atoms with E-state index in [-0.39, 0.29) is 0 Å². The standard InChI is InChI=1S/C13H20N2O/c14-10-13(12-4-2-1-3-5-12)11-15-6-8-16-9-7-15/h1-5,13H,6-11,14H2/t13-/m1/s1. The molecule has 3 nitrogen and oxygen atoms in total. The molecule has 0 aliphatic carbocycles. The Morgan fingerprint density at radius 3 is 2.50 bits per heavy atom. The summed E-state index contributed by atoms with van der Waals surface area (Å²) in [5.41, 5.74) is 7.21. The molecule has 1 heterocycles. The van der Waals surface area contributed by atoms with Crippen molar-refractivity contribution in [2.24, 2.45) is 5.73 Å². The molecule has 0 radical (unpaired) electrons. The highest BCUT2D eigenvalue weighted by molar-refractivity contribution is 5.20. The zero-order valence-electron chi connectivity index (χ0n) is 9.64. The van der Waals surface area contributed by atoms with Gasteiger partial charge in [0.05, 0.1) is 13.2 Å². The van der Waals surface area contributed by atoms with E-state index in [4.69, 9.17) is 10.5 Å². The Labute approximate surface area is 97.2 Å². The van der Waals surface area contributed by atoms with Crippen molar-refractivity contribution in [3.8, 4) is 0 Å². The number of rotatable bonds is 4. The van der Waals surface area contributed by atoms with Crippen molar-refractivity contribution in [3.63, 3.8) is 0 Å².